The highest BCUT2D eigenvalue weighted by atomic mass is 16.6. The van der Waals surface area contributed by atoms with Crippen LogP contribution < -0.4 is 5.32 Å². The lowest BCUT2D eigenvalue weighted by Gasteiger charge is -2.24. The summed E-state index contributed by atoms with van der Waals surface area (Å²) in [5, 5.41) is 21.8. The summed E-state index contributed by atoms with van der Waals surface area (Å²) in [6.07, 6.45) is 0.690. The maximum absolute atomic E-state index is 12.8. The monoisotopic (exact) mass is 705 g/mol. The smallest absolute Gasteiger partial charge is 0.220 e. The molecule has 0 spiro atoms. The van der Waals surface area contributed by atoms with Crippen LogP contribution in [0.4, 0.5) is 0 Å². The number of ether oxygens (including phenoxy) is 7. The fourth-order valence-corrected chi connectivity index (χ4v) is 4.69. The largest absolute Gasteiger partial charge is 0.508 e. The summed E-state index contributed by atoms with van der Waals surface area (Å²) >= 11 is 0. The summed E-state index contributed by atoms with van der Waals surface area (Å²) in [5.74, 6) is 0.173. The molecule has 8 unspecified atom stereocenters. The van der Waals surface area contributed by atoms with E-state index < -0.39 is 0 Å². The number of nitrogens with one attached hydrogen (secondary N) is 1. The van der Waals surface area contributed by atoms with Crippen molar-refractivity contribution in [3.05, 3.63) is 65.7 Å². The van der Waals surface area contributed by atoms with Crippen LogP contribution >= 0.6 is 0 Å². The Labute approximate surface area is 299 Å². The molecule has 0 bridgehead atoms. The molecule has 50 heavy (non-hydrogen) atoms. The first-order valence-electron chi connectivity index (χ1n) is 18.0. The Morgan fingerprint density at radius 3 is 1.38 bits per heavy atom. The number of rotatable bonds is 28. The molecule has 0 aliphatic rings. The molecule has 0 fully saturated rings. The van der Waals surface area contributed by atoms with Gasteiger partial charge in [-0.2, -0.15) is 0 Å². The molecule has 11 heteroatoms. The molecule has 0 saturated heterocycles. The minimum atomic E-state index is -0.230. The predicted octanol–water partition coefficient (Wildman–Crippen LogP) is 4.88. The van der Waals surface area contributed by atoms with Gasteiger partial charge in [-0.05, 0) is 84.6 Å². The Bertz CT molecular complexity index is 1140. The molecule has 0 saturated carbocycles. The van der Waals surface area contributed by atoms with Crippen molar-refractivity contribution >= 4 is 5.91 Å². The molecule has 2 aromatic rings. The van der Waals surface area contributed by atoms with Gasteiger partial charge in [0, 0.05) is 6.42 Å². The van der Waals surface area contributed by atoms with Crippen LogP contribution in [0.5, 0.6) is 5.75 Å². The third kappa shape index (κ3) is 20.9. The Morgan fingerprint density at radius 1 is 0.560 bits per heavy atom. The van der Waals surface area contributed by atoms with Crippen molar-refractivity contribution in [2.24, 2.45) is 0 Å². The fraction of sp³-hybridized carbons (Fsp3) is 0.667. The van der Waals surface area contributed by atoms with E-state index >= 15 is 0 Å². The lowest BCUT2D eigenvalue weighted by Crippen LogP contribution is -2.41. The molecule has 2 aromatic carbocycles. The van der Waals surface area contributed by atoms with E-state index in [0.717, 1.165) is 11.1 Å². The van der Waals surface area contributed by atoms with E-state index in [1.165, 1.54) is 0 Å². The van der Waals surface area contributed by atoms with E-state index in [1.807, 2.05) is 90.9 Å². The van der Waals surface area contributed by atoms with Gasteiger partial charge in [-0.1, -0.05) is 42.5 Å². The van der Waals surface area contributed by atoms with Crippen LogP contribution in [0.3, 0.4) is 0 Å². The molecular weight excluding hydrogens is 642 g/mol. The second kappa shape index (κ2) is 25.4. The number of aliphatic hydroxyl groups is 1. The normalized spacial score (nSPS) is 16.6. The average molecular weight is 706 g/mol. The Balaban J connectivity index is 1.63. The first-order chi connectivity index (χ1) is 23.9. The van der Waals surface area contributed by atoms with Gasteiger partial charge in [-0.3, -0.25) is 4.79 Å². The van der Waals surface area contributed by atoms with Crippen LogP contribution in [-0.4, -0.2) is 118 Å². The molecular formula is C39H63NO10. The van der Waals surface area contributed by atoms with Crippen LogP contribution in [0, 0.1) is 0 Å². The van der Waals surface area contributed by atoms with Crippen LogP contribution in [0.25, 0.3) is 0 Å². The van der Waals surface area contributed by atoms with Crippen molar-refractivity contribution in [3.8, 4) is 5.75 Å². The molecule has 2 rings (SSSR count). The van der Waals surface area contributed by atoms with E-state index in [9.17, 15) is 9.90 Å². The first kappa shape index (κ1) is 43.6. The number of carbonyl (C=O) groups is 1. The van der Waals surface area contributed by atoms with Crippen molar-refractivity contribution in [3.63, 3.8) is 0 Å². The maximum Gasteiger partial charge on any atom is 0.220 e. The van der Waals surface area contributed by atoms with Gasteiger partial charge in [0.05, 0.1) is 102 Å². The van der Waals surface area contributed by atoms with Crippen LogP contribution in [0.1, 0.15) is 66.0 Å². The molecule has 3 N–H and O–H groups in total. The minimum Gasteiger partial charge on any atom is -0.508 e. The lowest BCUT2D eigenvalue weighted by molar-refractivity contribution is -0.122. The third-order valence-corrected chi connectivity index (χ3v) is 7.80. The first-order valence-corrected chi connectivity index (χ1v) is 18.0. The van der Waals surface area contributed by atoms with E-state index in [2.05, 4.69) is 5.32 Å². The van der Waals surface area contributed by atoms with E-state index in [0.29, 0.717) is 65.5 Å². The number of phenolic OH excluding ortho intramolecular Hbond substituents is 1. The zero-order chi connectivity index (χ0) is 36.7. The summed E-state index contributed by atoms with van der Waals surface area (Å²) in [4.78, 5) is 12.8. The minimum absolute atomic E-state index is 0.0123. The highest BCUT2D eigenvalue weighted by molar-refractivity contribution is 5.76. The molecule has 1 amide bonds. The quantitative estimate of drug-likeness (QED) is 0.113. The number of benzene rings is 2. The number of carbonyl (C=O) groups excluding carboxylic acids is 1. The lowest BCUT2D eigenvalue weighted by atomic mass is 10.1. The number of aromatic hydroxyl groups is 1. The fourth-order valence-electron chi connectivity index (χ4n) is 4.69. The van der Waals surface area contributed by atoms with Crippen LogP contribution in [0.15, 0.2) is 54.6 Å². The van der Waals surface area contributed by atoms with Gasteiger partial charge in [0.15, 0.2) is 0 Å². The van der Waals surface area contributed by atoms with Crippen molar-refractivity contribution in [1.82, 2.24) is 5.32 Å². The van der Waals surface area contributed by atoms with Gasteiger partial charge in [0.25, 0.3) is 0 Å². The summed E-state index contributed by atoms with van der Waals surface area (Å²) in [6, 6.07) is 16.7. The van der Waals surface area contributed by atoms with Gasteiger partial charge < -0.3 is 48.7 Å². The maximum atomic E-state index is 12.8. The molecule has 0 aromatic heterocycles. The molecule has 0 radical (unpaired) electrons. The summed E-state index contributed by atoms with van der Waals surface area (Å²) in [5.41, 5.74) is 2.12. The summed E-state index contributed by atoms with van der Waals surface area (Å²) in [6.45, 7) is 16.4. The highest BCUT2D eigenvalue weighted by Gasteiger charge is 2.17. The molecule has 0 aliphatic carbocycles. The van der Waals surface area contributed by atoms with E-state index in [1.54, 1.807) is 12.1 Å². The Morgan fingerprint density at radius 2 is 0.960 bits per heavy atom. The van der Waals surface area contributed by atoms with Crippen molar-refractivity contribution in [2.45, 2.75) is 116 Å². The number of amides is 1. The van der Waals surface area contributed by atoms with Gasteiger partial charge in [-0.15, -0.1) is 0 Å². The highest BCUT2D eigenvalue weighted by Crippen LogP contribution is 2.13. The summed E-state index contributed by atoms with van der Waals surface area (Å²) < 4.78 is 41.1. The van der Waals surface area contributed by atoms with E-state index in [4.69, 9.17) is 38.3 Å². The van der Waals surface area contributed by atoms with Crippen LogP contribution in [0.2, 0.25) is 0 Å². The zero-order valence-electron chi connectivity index (χ0n) is 31.3. The second-order valence-electron chi connectivity index (χ2n) is 13.3. The van der Waals surface area contributed by atoms with Gasteiger partial charge in [0.2, 0.25) is 5.91 Å². The van der Waals surface area contributed by atoms with Crippen molar-refractivity contribution in [2.75, 3.05) is 52.9 Å². The number of phenols is 1. The Hall–Kier alpha value is -2.61. The Kier molecular flexibility index (Phi) is 22.1. The molecule has 0 aliphatic heterocycles. The van der Waals surface area contributed by atoms with E-state index in [-0.39, 0.29) is 67.0 Å². The molecule has 8 atom stereocenters. The SMILES string of the molecule is CC(CO)OCC(C)OCC(C)OCC(C)OCC(C)OCC(C)OCC(C)OCC(Cc1ccc(O)cc1)NC(=O)CCc1ccccc1. The third-order valence-electron chi connectivity index (χ3n) is 7.80. The molecule has 11 nitrogen and oxygen atoms in total. The number of hydrogen-bond donors (Lipinski definition) is 3. The van der Waals surface area contributed by atoms with Gasteiger partial charge in [-0.25, -0.2) is 0 Å². The topological polar surface area (TPSA) is 134 Å². The standard InChI is InChI=1S/C39H63NO10/c1-28(20-41)44-21-29(2)45-22-30(3)46-23-31(4)47-24-32(5)48-25-33(6)49-26-34(7)50-27-37(19-36-13-16-38(42)17-14-36)40-39(43)18-15-35-11-9-8-10-12-35/h8-14,16-17,28-34,37,41-42H,15,18-27H2,1-7H3,(H,40,43). The molecule has 284 valence electrons. The molecule has 0 heterocycles. The van der Waals surface area contributed by atoms with Crippen LogP contribution in [-0.2, 0) is 50.8 Å². The number of hydrogen-bond acceptors (Lipinski definition) is 10. The number of aryl methyl sites for hydroxylation is 1. The zero-order valence-corrected chi connectivity index (χ0v) is 31.3. The van der Waals surface area contributed by atoms with Crippen molar-refractivity contribution < 1.29 is 48.2 Å². The second-order valence-corrected chi connectivity index (χ2v) is 13.3. The van der Waals surface area contributed by atoms with Gasteiger partial charge in [0.1, 0.15) is 5.75 Å². The van der Waals surface area contributed by atoms with Gasteiger partial charge >= 0.3 is 0 Å². The summed E-state index contributed by atoms with van der Waals surface area (Å²) in [7, 11) is 0. The predicted molar refractivity (Wildman–Crippen MR) is 193 cm³/mol. The average Bonchev–Trinajstić information content (AvgIpc) is 3.11. The van der Waals surface area contributed by atoms with Crippen molar-refractivity contribution in [1.29, 1.82) is 0 Å². The number of aliphatic hydroxyl groups excluding tert-OH is 1.